The van der Waals surface area contributed by atoms with Crippen LogP contribution in [0.3, 0.4) is 0 Å². The molecule has 3 aliphatic rings. The summed E-state index contributed by atoms with van der Waals surface area (Å²) in [5, 5.41) is 5.76. The summed E-state index contributed by atoms with van der Waals surface area (Å²) in [6.45, 7) is 7.11. The second-order valence-corrected chi connectivity index (χ2v) is 9.95. The number of amides is 1. The molecular weight excluding hydrogens is 362 g/mol. The largest absolute Gasteiger partial charge is 0.497 e. The molecule has 1 spiro atoms. The summed E-state index contributed by atoms with van der Waals surface area (Å²) in [5.41, 5.74) is 1.56. The van der Waals surface area contributed by atoms with Crippen molar-refractivity contribution in [3.05, 3.63) is 42.0 Å². The Morgan fingerprint density at radius 1 is 1.17 bits per heavy atom. The first-order valence-electron chi connectivity index (χ1n) is 10.8. The number of hydrogen-bond acceptors (Lipinski definition) is 3. The van der Waals surface area contributed by atoms with Crippen LogP contribution in [0.25, 0.3) is 10.8 Å². The SMILES string of the molecule is COc1ccc2cc([C@H]3OCCC45C[C@@H](C[C@H]34)C(C)(C)[C@@H]5NC(C)=O)ccc2c1. The van der Waals surface area contributed by atoms with Crippen LogP contribution in [0.2, 0.25) is 0 Å². The summed E-state index contributed by atoms with van der Waals surface area (Å²) in [4.78, 5) is 12.0. The zero-order chi connectivity index (χ0) is 20.4. The van der Waals surface area contributed by atoms with Crippen molar-refractivity contribution in [3.63, 3.8) is 0 Å². The highest BCUT2D eigenvalue weighted by molar-refractivity contribution is 5.84. The molecule has 2 aromatic carbocycles. The molecule has 0 aromatic heterocycles. The van der Waals surface area contributed by atoms with Gasteiger partial charge in [0.25, 0.3) is 0 Å². The van der Waals surface area contributed by atoms with Gasteiger partial charge >= 0.3 is 0 Å². The molecule has 4 heteroatoms. The number of carbonyl (C=O) groups excluding carboxylic acids is 1. The molecule has 1 heterocycles. The molecule has 2 bridgehead atoms. The Morgan fingerprint density at radius 3 is 2.69 bits per heavy atom. The molecular formula is C25H31NO3. The van der Waals surface area contributed by atoms with Crippen molar-refractivity contribution >= 4 is 16.7 Å². The number of methoxy groups -OCH3 is 1. The molecule has 1 saturated heterocycles. The van der Waals surface area contributed by atoms with E-state index in [0.29, 0.717) is 11.8 Å². The second-order valence-electron chi connectivity index (χ2n) is 9.95. The number of carbonyl (C=O) groups is 1. The van der Waals surface area contributed by atoms with E-state index in [1.165, 1.54) is 29.2 Å². The Kier molecular flexibility index (Phi) is 4.22. The molecule has 1 unspecified atom stereocenters. The number of hydrogen-bond donors (Lipinski definition) is 1. The fraction of sp³-hybridized carbons (Fsp3) is 0.560. The topological polar surface area (TPSA) is 47.6 Å². The molecule has 1 N–H and O–H groups in total. The van der Waals surface area contributed by atoms with E-state index < -0.39 is 0 Å². The summed E-state index contributed by atoms with van der Waals surface area (Å²) in [6, 6.07) is 13.1. The van der Waals surface area contributed by atoms with Crippen LogP contribution in [0.4, 0.5) is 0 Å². The van der Waals surface area contributed by atoms with E-state index in [-0.39, 0.29) is 28.9 Å². The zero-order valence-corrected chi connectivity index (χ0v) is 17.8. The van der Waals surface area contributed by atoms with E-state index in [4.69, 9.17) is 9.47 Å². The fourth-order valence-electron chi connectivity index (χ4n) is 6.87. The van der Waals surface area contributed by atoms with Gasteiger partial charge in [-0.3, -0.25) is 4.79 Å². The van der Waals surface area contributed by atoms with Crippen LogP contribution in [0.15, 0.2) is 36.4 Å². The second kappa shape index (κ2) is 6.46. The van der Waals surface area contributed by atoms with Crippen molar-refractivity contribution in [1.29, 1.82) is 0 Å². The van der Waals surface area contributed by atoms with Crippen LogP contribution in [-0.2, 0) is 9.53 Å². The number of nitrogens with one attached hydrogen (secondary N) is 1. The van der Waals surface area contributed by atoms with Gasteiger partial charge in [0.15, 0.2) is 0 Å². The maximum absolute atomic E-state index is 12.0. The molecule has 2 aromatic rings. The lowest BCUT2D eigenvalue weighted by molar-refractivity contribution is -0.135. The van der Waals surface area contributed by atoms with Crippen LogP contribution in [-0.4, -0.2) is 25.7 Å². The van der Waals surface area contributed by atoms with Gasteiger partial charge in [-0.15, -0.1) is 0 Å². The Bertz CT molecular complexity index is 968. The molecule has 5 atom stereocenters. The number of ether oxygens (including phenoxy) is 2. The Morgan fingerprint density at radius 2 is 1.93 bits per heavy atom. The molecule has 0 radical (unpaired) electrons. The van der Waals surface area contributed by atoms with Crippen LogP contribution in [0, 0.1) is 22.7 Å². The lowest BCUT2D eigenvalue weighted by Gasteiger charge is -2.53. The lowest BCUT2D eigenvalue weighted by atomic mass is 9.59. The number of rotatable bonds is 3. The van der Waals surface area contributed by atoms with Gasteiger partial charge in [-0.25, -0.2) is 0 Å². The highest BCUT2D eigenvalue weighted by atomic mass is 16.5. The third-order valence-electron chi connectivity index (χ3n) is 8.25. The normalized spacial score (nSPS) is 34.8. The summed E-state index contributed by atoms with van der Waals surface area (Å²) >= 11 is 0. The highest BCUT2D eigenvalue weighted by Gasteiger charge is 2.68. The van der Waals surface area contributed by atoms with E-state index in [0.717, 1.165) is 18.8 Å². The molecule has 2 saturated carbocycles. The van der Waals surface area contributed by atoms with Gasteiger partial charge in [0.05, 0.1) is 13.2 Å². The highest BCUT2D eigenvalue weighted by Crippen LogP contribution is 2.70. The van der Waals surface area contributed by atoms with Gasteiger partial charge in [-0.2, -0.15) is 0 Å². The van der Waals surface area contributed by atoms with Gasteiger partial charge in [0.1, 0.15) is 5.75 Å². The average Bonchev–Trinajstić information content (AvgIpc) is 3.19. The van der Waals surface area contributed by atoms with Gasteiger partial charge in [-0.05, 0) is 76.5 Å². The van der Waals surface area contributed by atoms with Crippen LogP contribution in [0.1, 0.15) is 51.7 Å². The molecule has 1 aliphatic heterocycles. The first kappa shape index (κ1) is 18.9. The smallest absolute Gasteiger partial charge is 0.217 e. The minimum absolute atomic E-state index is 0.0893. The van der Waals surface area contributed by atoms with E-state index in [9.17, 15) is 4.79 Å². The Hall–Kier alpha value is -2.07. The van der Waals surface area contributed by atoms with Crippen molar-refractivity contribution < 1.29 is 14.3 Å². The van der Waals surface area contributed by atoms with Crippen LogP contribution < -0.4 is 10.1 Å². The van der Waals surface area contributed by atoms with Crippen LogP contribution >= 0.6 is 0 Å². The Balaban J connectivity index is 1.52. The lowest BCUT2D eigenvalue weighted by Crippen LogP contribution is -2.58. The summed E-state index contributed by atoms with van der Waals surface area (Å²) in [5.74, 6) is 2.07. The van der Waals surface area contributed by atoms with Crippen molar-refractivity contribution in [2.45, 2.75) is 52.2 Å². The minimum Gasteiger partial charge on any atom is -0.497 e. The van der Waals surface area contributed by atoms with Crippen molar-refractivity contribution in [2.24, 2.45) is 22.7 Å². The summed E-state index contributed by atoms with van der Waals surface area (Å²) in [6.07, 6.45) is 3.55. The van der Waals surface area contributed by atoms with Gasteiger partial charge < -0.3 is 14.8 Å². The first-order chi connectivity index (χ1) is 13.8. The third kappa shape index (κ3) is 2.72. The first-order valence-corrected chi connectivity index (χ1v) is 10.8. The van der Waals surface area contributed by atoms with Crippen LogP contribution in [0.5, 0.6) is 5.75 Å². The van der Waals surface area contributed by atoms with E-state index in [2.05, 4.69) is 49.5 Å². The fourth-order valence-corrected chi connectivity index (χ4v) is 6.87. The van der Waals surface area contributed by atoms with Gasteiger partial charge in [0, 0.05) is 19.6 Å². The van der Waals surface area contributed by atoms with Crippen molar-refractivity contribution in [2.75, 3.05) is 13.7 Å². The standard InChI is InChI=1S/C25H31NO3/c1-15(27)26-23-24(2,3)19-13-21-22(29-10-9-25(21,23)14-19)18-6-5-17-12-20(28-4)8-7-16(17)11-18/h5-8,11-12,19,21-23H,9-10,13-14H2,1-4H3,(H,26,27)/t19-,21-,22-,23+,25?/m1/s1. The number of fused-ring (bicyclic) bond motifs is 2. The number of benzene rings is 2. The van der Waals surface area contributed by atoms with E-state index in [1.807, 2.05) is 6.07 Å². The maximum Gasteiger partial charge on any atom is 0.217 e. The monoisotopic (exact) mass is 393 g/mol. The predicted octanol–water partition coefficient (Wildman–Crippen LogP) is 4.87. The molecule has 5 rings (SSSR count). The Labute approximate surface area is 173 Å². The molecule has 2 aliphatic carbocycles. The zero-order valence-electron chi connectivity index (χ0n) is 17.8. The predicted molar refractivity (Wildman–Crippen MR) is 114 cm³/mol. The summed E-state index contributed by atoms with van der Waals surface area (Å²) in [7, 11) is 1.70. The molecule has 29 heavy (non-hydrogen) atoms. The average molecular weight is 394 g/mol. The van der Waals surface area contributed by atoms with Crippen molar-refractivity contribution in [1.82, 2.24) is 5.32 Å². The molecule has 4 nitrogen and oxygen atoms in total. The maximum atomic E-state index is 12.0. The quantitative estimate of drug-likeness (QED) is 0.809. The van der Waals surface area contributed by atoms with E-state index >= 15 is 0 Å². The molecule has 3 fully saturated rings. The minimum atomic E-state index is 0.0893. The van der Waals surface area contributed by atoms with Gasteiger partial charge in [0.2, 0.25) is 5.91 Å². The third-order valence-corrected chi connectivity index (χ3v) is 8.25. The van der Waals surface area contributed by atoms with Crippen molar-refractivity contribution in [3.8, 4) is 5.75 Å². The molecule has 154 valence electrons. The molecule has 1 amide bonds. The van der Waals surface area contributed by atoms with E-state index in [1.54, 1.807) is 14.0 Å². The van der Waals surface area contributed by atoms with Gasteiger partial charge in [-0.1, -0.05) is 32.0 Å². The summed E-state index contributed by atoms with van der Waals surface area (Å²) < 4.78 is 11.8.